The van der Waals surface area contributed by atoms with Gasteiger partial charge < -0.3 is 4.74 Å². The highest BCUT2D eigenvalue weighted by molar-refractivity contribution is 9.09. The second-order valence-corrected chi connectivity index (χ2v) is 5.88. The number of halogens is 1. The molecule has 2 unspecified atom stereocenters. The van der Waals surface area contributed by atoms with Crippen LogP contribution in [0.25, 0.3) is 0 Å². The molecule has 0 aliphatic heterocycles. The van der Waals surface area contributed by atoms with E-state index in [0.717, 1.165) is 12.5 Å². The molecule has 0 saturated heterocycles. The first-order valence-corrected chi connectivity index (χ1v) is 7.45. The molecule has 15 heavy (non-hydrogen) atoms. The summed E-state index contributed by atoms with van der Waals surface area (Å²) >= 11 is 3.77. The summed E-state index contributed by atoms with van der Waals surface area (Å²) in [6.07, 6.45) is 9.58. The molecule has 0 aromatic heterocycles. The van der Waals surface area contributed by atoms with Gasteiger partial charge in [-0.05, 0) is 18.8 Å². The van der Waals surface area contributed by atoms with Crippen LogP contribution in [0.3, 0.4) is 0 Å². The fourth-order valence-corrected chi connectivity index (χ4v) is 2.94. The lowest BCUT2D eigenvalue weighted by Gasteiger charge is -2.23. The minimum Gasteiger partial charge on any atom is -0.377 e. The molecule has 1 saturated carbocycles. The third-order valence-corrected chi connectivity index (χ3v) is 4.62. The zero-order valence-electron chi connectivity index (χ0n) is 10.2. The molecule has 0 aromatic rings. The molecule has 0 spiro atoms. The highest BCUT2D eigenvalue weighted by Gasteiger charge is 2.22. The monoisotopic (exact) mass is 276 g/mol. The van der Waals surface area contributed by atoms with Gasteiger partial charge in [0.15, 0.2) is 0 Å². The molecule has 0 N–H and O–H groups in total. The van der Waals surface area contributed by atoms with Crippen molar-refractivity contribution < 1.29 is 4.74 Å². The van der Waals surface area contributed by atoms with Crippen LogP contribution in [-0.2, 0) is 4.74 Å². The molecule has 90 valence electrons. The number of alkyl halides is 1. The van der Waals surface area contributed by atoms with Gasteiger partial charge in [0.05, 0.1) is 6.10 Å². The lowest BCUT2D eigenvalue weighted by atomic mass is 10.0. The van der Waals surface area contributed by atoms with Gasteiger partial charge in [-0.2, -0.15) is 0 Å². The summed E-state index contributed by atoms with van der Waals surface area (Å²) in [4.78, 5) is 0.592. The van der Waals surface area contributed by atoms with Crippen LogP contribution in [0.15, 0.2) is 0 Å². The van der Waals surface area contributed by atoms with E-state index in [2.05, 4.69) is 29.8 Å². The van der Waals surface area contributed by atoms with Gasteiger partial charge in [-0.1, -0.05) is 61.9 Å². The summed E-state index contributed by atoms with van der Waals surface area (Å²) < 4.78 is 6.07. The molecular formula is C13H25BrO. The molecule has 0 radical (unpaired) electrons. The topological polar surface area (TPSA) is 9.23 Å². The molecule has 1 aliphatic carbocycles. The van der Waals surface area contributed by atoms with Crippen LogP contribution in [0.5, 0.6) is 0 Å². The fraction of sp³-hybridized carbons (Fsp3) is 1.00. The maximum atomic E-state index is 6.07. The van der Waals surface area contributed by atoms with Crippen molar-refractivity contribution in [2.24, 2.45) is 5.92 Å². The Morgan fingerprint density at radius 2 is 1.80 bits per heavy atom. The van der Waals surface area contributed by atoms with E-state index < -0.39 is 0 Å². The molecule has 0 bridgehead atoms. The van der Waals surface area contributed by atoms with Crippen LogP contribution in [-0.4, -0.2) is 17.5 Å². The van der Waals surface area contributed by atoms with Crippen LogP contribution in [0.2, 0.25) is 0 Å². The summed E-state index contributed by atoms with van der Waals surface area (Å²) in [6.45, 7) is 5.48. The van der Waals surface area contributed by atoms with Crippen molar-refractivity contribution in [2.45, 2.75) is 69.7 Å². The Labute approximate surface area is 103 Å². The number of hydrogen-bond donors (Lipinski definition) is 0. The predicted octanol–water partition coefficient (Wildman–Crippen LogP) is 4.54. The molecule has 0 heterocycles. The van der Waals surface area contributed by atoms with E-state index in [1.165, 1.54) is 44.9 Å². The summed E-state index contributed by atoms with van der Waals surface area (Å²) in [7, 11) is 0. The van der Waals surface area contributed by atoms with Crippen molar-refractivity contribution in [1.29, 1.82) is 0 Å². The number of ether oxygens (including phenoxy) is 1. The van der Waals surface area contributed by atoms with E-state index in [4.69, 9.17) is 4.74 Å². The van der Waals surface area contributed by atoms with Crippen LogP contribution in [0, 0.1) is 5.92 Å². The summed E-state index contributed by atoms with van der Waals surface area (Å²) in [6, 6.07) is 0. The first-order valence-electron chi connectivity index (χ1n) is 6.53. The van der Waals surface area contributed by atoms with Crippen molar-refractivity contribution >= 4 is 15.9 Å². The Bertz CT molecular complexity index is 157. The van der Waals surface area contributed by atoms with E-state index in [9.17, 15) is 0 Å². The lowest BCUT2D eigenvalue weighted by molar-refractivity contribution is 0.0234. The highest BCUT2D eigenvalue weighted by atomic mass is 79.9. The van der Waals surface area contributed by atoms with Crippen LogP contribution >= 0.6 is 15.9 Å². The Morgan fingerprint density at radius 3 is 2.47 bits per heavy atom. The van der Waals surface area contributed by atoms with Crippen LogP contribution < -0.4 is 0 Å². The van der Waals surface area contributed by atoms with E-state index in [0.29, 0.717) is 10.9 Å². The van der Waals surface area contributed by atoms with Gasteiger partial charge in [0.2, 0.25) is 0 Å². The number of hydrogen-bond acceptors (Lipinski definition) is 1. The van der Waals surface area contributed by atoms with Gasteiger partial charge in [0.1, 0.15) is 0 Å². The Hall–Kier alpha value is 0.440. The summed E-state index contributed by atoms with van der Waals surface area (Å²) in [5.74, 6) is 0.757. The zero-order chi connectivity index (χ0) is 11.1. The third-order valence-electron chi connectivity index (χ3n) is 3.57. The number of rotatable bonds is 5. The molecule has 2 atom stereocenters. The van der Waals surface area contributed by atoms with Crippen LogP contribution in [0.1, 0.15) is 58.8 Å². The van der Waals surface area contributed by atoms with Gasteiger partial charge >= 0.3 is 0 Å². The maximum absolute atomic E-state index is 6.07. The minimum absolute atomic E-state index is 0.466. The molecule has 1 rings (SSSR count). The Morgan fingerprint density at radius 1 is 1.13 bits per heavy atom. The molecule has 2 heteroatoms. The third kappa shape index (κ3) is 4.86. The van der Waals surface area contributed by atoms with E-state index in [1.807, 2.05) is 0 Å². The molecule has 1 aliphatic rings. The molecule has 0 aromatic carbocycles. The van der Waals surface area contributed by atoms with Gasteiger partial charge in [0.25, 0.3) is 0 Å². The van der Waals surface area contributed by atoms with E-state index in [1.54, 1.807) is 0 Å². The van der Waals surface area contributed by atoms with Gasteiger partial charge in [0, 0.05) is 11.4 Å². The van der Waals surface area contributed by atoms with Crippen molar-refractivity contribution in [1.82, 2.24) is 0 Å². The average molecular weight is 277 g/mol. The summed E-state index contributed by atoms with van der Waals surface area (Å²) in [5.41, 5.74) is 0. The first kappa shape index (κ1) is 13.5. The summed E-state index contributed by atoms with van der Waals surface area (Å²) in [5, 5.41) is 0. The van der Waals surface area contributed by atoms with Crippen molar-refractivity contribution in [3.63, 3.8) is 0 Å². The molecule has 1 nitrogen and oxygen atoms in total. The van der Waals surface area contributed by atoms with Gasteiger partial charge in [-0.3, -0.25) is 0 Å². The van der Waals surface area contributed by atoms with Crippen molar-refractivity contribution in [2.75, 3.05) is 6.61 Å². The molecular weight excluding hydrogens is 252 g/mol. The Balaban J connectivity index is 2.28. The van der Waals surface area contributed by atoms with E-state index in [-0.39, 0.29) is 0 Å². The first-order chi connectivity index (χ1) is 7.27. The fourth-order valence-electron chi connectivity index (χ4n) is 2.20. The molecule has 0 amide bonds. The lowest BCUT2D eigenvalue weighted by Crippen LogP contribution is -2.25. The quantitative estimate of drug-likeness (QED) is 0.529. The van der Waals surface area contributed by atoms with Crippen LogP contribution in [0.4, 0.5) is 0 Å². The maximum Gasteiger partial charge on any atom is 0.0700 e. The standard InChI is InChI=1S/C13H25BrO/c1-3-11(4-2)10-15-13-9-7-5-6-8-12(13)14/h11-13H,3-10H2,1-2H3. The SMILES string of the molecule is CCC(CC)COC1CCCCCC1Br. The molecule has 1 fully saturated rings. The van der Waals surface area contributed by atoms with Crippen molar-refractivity contribution in [3.8, 4) is 0 Å². The van der Waals surface area contributed by atoms with E-state index >= 15 is 0 Å². The Kier molecular flexibility index (Phi) is 6.91. The average Bonchev–Trinajstić information content (AvgIpc) is 2.45. The normalized spacial score (nSPS) is 28.0. The van der Waals surface area contributed by atoms with Gasteiger partial charge in [-0.15, -0.1) is 0 Å². The zero-order valence-corrected chi connectivity index (χ0v) is 11.8. The largest absolute Gasteiger partial charge is 0.377 e. The van der Waals surface area contributed by atoms with Crippen molar-refractivity contribution in [3.05, 3.63) is 0 Å². The predicted molar refractivity (Wildman–Crippen MR) is 69.6 cm³/mol. The second-order valence-electron chi connectivity index (χ2n) is 4.71. The highest BCUT2D eigenvalue weighted by Crippen LogP contribution is 2.26. The smallest absolute Gasteiger partial charge is 0.0700 e. The second kappa shape index (κ2) is 7.67. The van der Waals surface area contributed by atoms with Gasteiger partial charge in [-0.25, -0.2) is 0 Å². The minimum atomic E-state index is 0.466.